The summed E-state index contributed by atoms with van der Waals surface area (Å²) in [5.41, 5.74) is 1.66. The van der Waals surface area contributed by atoms with Crippen LogP contribution in [0.2, 0.25) is 0 Å². The molecule has 1 amide bonds. The molecule has 20 heavy (non-hydrogen) atoms. The number of carbonyl (C=O) groups is 1. The van der Waals surface area contributed by atoms with Crippen LogP contribution in [-0.2, 0) is 4.74 Å². The molecule has 0 aliphatic carbocycles. The molecule has 3 rings (SSSR count). The predicted octanol–water partition coefficient (Wildman–Crippen LogP) is 1.54. The van der Waals surface area contributed by atoms with Gasteiger partial charge in [0.15, 0.2) is 0 Å². The van der Waals surface area contributed by atoms with Crippen LogP contribution in [0, 0.1) is 0 Å². The molecule has 1 aromatic heterocycles. The fourth-order valence-electron chi connectivity index (χ4n) is 2.78. The number of nitrogens with zero attached hydrogens (tertiary/aromatic N) is 3. The normalized spacial score (nSPS) is 20.0. The average Bonchev–Trinajstić information content (AvgIpc) is 2.56. The van der Waals surface area contributed by atoms with Gasteiger partial charge in [-0.3, -0.25) is 4.79 Å². The number of anilines is 1. The summed E-state index contributed by atoms with van der Waals surface area (Å²) in [5, 5.41) is 0. The molecule has 0 saturated carbocycles. The molecule has 0 N–H and O–H groups in total. The molecule has 3 heterocycles. The zero-order chi connectivity index (χ0) is 13.8. The van der Waals surface area contributed by atoms with Gasteiger partial charge in [0.25, 0.3) is 5.91 Å². The maximum absolute atomic E-state index is 12.3. The Morgan fingerprint density at radius 3 is 2.45 bits per heavy atom. The Morgan fingerprint density at radius 1 is 1.05 bits per heavy atom. The topological polar surface area (TPSA) is 45.7 Å². The van der Waals surface area contributed by atoms with E-state index in [1.165, 1.54) is 19.3 Å². The quantitative estimate of drug-likeness (QED) is 0.821. The second-order valence-electron chi connectivity index (χ2n) is 5.35. The van der Waals surface area contributed by atoms with Crippen molar-refractivity contribution in [1.82, 2.24) is 9.88 Å². The molecule has 2 aliphatic rings. The van der Waals surface area contributed by atoms with E-state index in [0.29, 0.717) is 32.0 Å². The van der Waals surface area contributed by atoms with Crippen molar-refractivity contribution in [3.8, 4) is 0 Å². The van der Waals surface area contributed by atoms with Gasteiger partial charge in [0.05, 0.1) is 25.1 Å². The SMILES string of the molecule is O=C(c1ccc(N2CCCCC2)cn1)N1CCOCC1. The van der Waals surface area contributed by atoms with E-state index < -0.39 is 0 Å². The van der Waals surface area contributed by atoms with Crippen LogP contribution in [0.5, 0.6) is 0 Å². The van der Waals surface area contributed by atoms with E-state index in [9.17, 15) is 4.79 Å². The molecule has 2 saturated heterocycles. The fourth-order valence-corrected chi connectivity index (χ4v) is 2.78. The molecule has 2 aliphatic heterocycles. The average molecular weight is 275 g/mol. The number of carbonyl (C=O) groups excluding carboxylic acids is 1. The molecule has 0 radical (unpaired) electrons. The number of hydrogen-bond donors (Lipinski definition) is 0. The molecular formula is C15H21N3O2. The van der Waals surface area contributed by atoms with Crippen molar-refractivity contribution in [2.24, 2.45) is 0 Å². The lowest BCUT2D eigenvalue weighted by atomic mass is 10.1. The molecule has 5 nitrogen and oxygen atoms in total. The summed E-state index contributed by atoms with van der Waals surface area (Å²) in [6, 6.07) is 3.87. The van der Waals surface area contributed by atoms with Gasteiger partial charge < -0.3 is 14.5 Å². The van der Waals surface area contributed by atoms with Crippen LogP contribution in [-0.4, -0.2) is 55.2 Å². The smallest absolute Gasteiger partial charge is 0.272 e. The summed E-state index contributed by atoms with van der Waals surface area (Å²) in [6.07, 6.45) is 5.64. The van der Waals surface area contributed by atoms with Crippen LogP contribution < -0.4 is 4.90 Å². The Bertz CT molecular complexity index is 449. The third-order valence-electron chi connectivity index (χ3n) is 3.99. The van der Waals surface area contributed by atoms with Crippen molar-refractivity contribution < 1.29 is 9.53 Å². The summed E-state index contributed by atoms with van der Waals surface area (Å²) in [4.78, 5) is 20.8. The highest BCUT2D eigenvalue weighted by Crippen LogP contribution is 2.19. The summed E-state index contributed by atoms with van der Waals surface area (Å²) in [5.74, 6) is 0.0125. The van der Waals surface area contributed by atoms with Crippen LogP contribution in [0.3, 0.4) is 0 Å². The van der Waals surface area contributed by atoms with Crippen LogP contribution >= 0.6 is 0 Å². The Hall–Kier alpha value is -1.62. The van der Waals surface area contributed by atoms with E-state index in [-0.39, 0.29) is 5.91 Å². The molecule has 2 fully saturated rings. The largest absolute Gasteiger partial charge is 0.378 e. The molecule has 0 bridgehead atoms. The van der Waals surface area contributed by atoms with Crippen molar-refractivity contribution in [3.63, 3.8) is 0 Å². The zero-order valence-electron chi connectivity index (χ0n) is 11.8. The van der Waals surface area contributed by atoms with Gasteiger partial charge in [0.1, 0.15) is 5.69 Å². The lowest BCUT2D eigenvalue weighted by Crippen LogP contribution is -2.41. The first-order valence-corrected chi connectivity index (χ1v) is 7.42. The first kappa shape index (κ1) is 13.4. The lowest BCUT2D eigenvalue weighted by molar-refractivity contribution is 0.0299. The predicted molar refractivity (Wildman–Crippen MR) is 77.0 cm³/mol. The van der Waals surface area contributed by atoms with E-state index in [4.69, 9.17) is 4.74 Å². The van der Waals surface area contributed by atoms with Crippen LogP contribution in [0.4, 0.5) is 5.69 Å². The monoisotopic (exact) mass is 275 g/mol. The number of ether oxygens (including phenoxy) is 1. The van der Waals surface area contributed by atoms with E-state index >= 15 is 0 Å². The fraction of sp³-hybridized carbons (Fsp3) is 0.600. The van der Waals surface area contributed by atoms with Gasteiger partial charge >= 0.3 is 0 Å². The van der Waals surface area contributed by atoms with E-state index in [0.717, 1.165) is 18.8 Å². The molecule has 0 spiro atoms. The maximum Gasteiger partial charge on any atom is 0.272 e. The third kappa shape index (κ3) is 2.93. The molecular weight excluding hydrogens is 254 g/mol. The number of piperidine rings is 1. The Balaban J connectivity index is 1.67. The van der Waals surface area contributed by atoms with Gasteiger partial charge in [-0.2, -0.15) is 0 Å². The van der Waals surface area contributed by atoms with Crippen molar-refractivity contribution in [1.29, 1.82) is 0 Å². The Morgan fingerprint density at radius 2 is 1.80 bits per heavy atom. The highest BCUT2D eigenvalue weighted by atomic mass is 16.5. The summed E-state index contributed by atoms with van der Waals surface area (Å²) in [7, 11) is 0. The standard InChI is InChI=1S/C15H21N3O2/c19-15(18-8-10-20-11-9-18)14-5-4-13(12-16-14)17-6-2-1-3-7-17/h4-5,12H,1-3,6-11H2. The van der Waals surface area contributed by atoms with Crippen LogP contribution in [0.25, 0.3) is 0 Å². The Kier molecular flexibility index (Phi) is 4.16. The molecule has 0 atom stereocenters. The molecule has 1 aromatic rings. The van der Waals surface area contributed by atoms with E-state index in [1.54, 1.807) is 0 Å². The highest BCUT2D eigenvalue weighted by Gasteiger charge is 2.20. The van der Waals surface area contributed by atoms with Gasteiger partial charge in [0.2, 0.25) is 0 Å². The molecule has 0 aromatic carbocycles. The van der Waals surface area contributed by atoms with Crippen LogP contribution in [0.1, 0.15) is 29.8 Å². The van der Waals surface area contributed by atoms with E-state index in [2.05, 4.69) is 9.88 Å². The van der Waals surface area contributed by atoms with Gasteiger partial charge in [-0.05, 0) is 31.4 Å². The van der Waals surface area contributed by atoms with Gasteiger partial charge in [-0.25, -0.2) is 4.98 Å². The molecule has 108 valence electrons. The minimum atomic E-state index is 0.0125. The van der Waals surface area contributed by atoms with Gasteiger partial charge in [-0.1, -0.05) is 0 Å². The first-order chi connectivity index (χ1) is 9.84. The summed E-state index contributed by atoms with van der Waals surface area (Å²) in [6.45, 7) is 4.76. The number of aromatic nitrogens is 1. The third-order valence-corrected chi connectivity index (χ3v) is 3.99. The maximum atomic E-state index is 12.3. The first-order valence-electron chi connectivity index (χ1n) is 7.42. The van der Waals surface area contributed by atoms with E-state index in [1.807, 2.05) is 23.2 Å². The number of rotatable bonds is 2. The van der Waals surface area contributed by atoms with Crippen molar-refractivity contribution >= 4 is 11.6 Å². The minimum absolute atomic E-state index is 0.0125. The van der Waals surface area contributed by atoms with Crippen molar-refractivity contribution in [3.05, 3.63) is 24.0 Å². The minimum Gasteiger partial charge on any atom is -0.378 e. The second kappa shape index (κ2) is 6.22. The number of hydrogen-bond acceptors (Lipinski definition) is 4. The lowest BCUT2D eigenvalue weighted by Gasteiger charge is -2.29. The Labute approximate surface area is 119 Å². The summed E-state index contributed by atoms with van der Waals surface area (Å²) < 4.78 is 5.26. The van der Waals surface area contributed by atoms with Crippen molar-refractivity contribution in [2.45, 2.75) is 19.3 Å². The second-order valence-corrected chi connectivity index (χ2v) is 5.35. The van der Waals surface area contributed by atoms with Gasteiger partial charge in [0, 0.05) is 26.2 Å². The van der Waals surface area contributed by atoms with Crippen LogP contribution in [0.15, 0.2) is 18.3 Å². The number of amides is 1. The molecule has 0 unspecified atom stereocenters. The number of morpholine rings is 1. The number of pyridine rings is 1. The van der Waals surface area contributed by atoms with Crippen molar-refractivity contribution in [2.75, 3.05) is 44.3 Å². The zero-order valence-corrected chi connectivity index (χ0v) is 11.8. The van der Waals surface area contributed by atoms with Gasteiger partial charge in [-0.15, -0.1) is 0 Å². The highest BCUT2D eigenvalue weighted by molar-refractivity contribution is 5.92. The molecule has 5 heteroatoms. The summed E-state index contributed by atoms with van der Waals surface area (Å²) >= 11 is 0.